The van der Waals surface area contributed by atoms with Crippen LogP contribution in [0.1, 0.15) is 19.8 Å². The highest BCUT2D eigenvalue weighted by Crippen LogP contribution is 2.31. The summed E-state index contributed by atoms with van der Waals surface area (Å²) in [5, 5.41) is 2.80. The topological polar surface area (TPSA) is 42.0 Å². The SMILES string of the molecule is CCC(=O)Nc1ccc2nc(SCCC=C(F)F)sc2c1. The van der Waals surface area contributed by atoms with E-state index in [1.165, 1.54) is 23.1 Å². The third-order valence-corrected chi connectivity index (χ3v) is 4.81. The summed E-state index contributed by atoms with van der Waals surface area (Å²) in [5.74, 6) is 0.532. The maximum atomic E-state index is 11.9. The van der Waals surface area contributed by atoms with Crippen LogP contribution in [0.5, 0.6) is 0 Å². The average molecular weight is 328 g/mol. The first-order valence-corrected chi connectivity index (χ1v) is 8.23. The fourth-order valence-corrected chi connectivity index (χ4v) is 3.67. The molecule has 0 saturated carbocycles. The summed E-state index contributed by atoms with van der Waals surface area (Å²) < 4.78 is 25.6. The Morgan fingerprint density at radius 2 is 2.29 bits per heavy atom. The van der Waals surface area contributed by atoms with E-state index in [9.17, 15) is 13.6 Å². The molecule has 1 aromatic carbocycles. The van der Waals surface area contributed by atoms with E-state index in [0.29, 0.717) is 18.6 Å². The fourth-order valence-electron chi connectivity index (χ4n) is 1.61. The minimum Gasteiger partial charge on any atom is -0.326 e. The predicted octanol–water partition coefficient (Wildman–Crippen LogP) is 4.91. The summed E-state index contributed by atoms with van der Waals surface area (Å²) in [4.78, 5) is 15.8. The van der Waals surface area contributed by atoms with E-state index in [0.717, 1.165) is 26.3 Å². The molecule has 1 heterocycles. The van der Waals surface area contributed by atoms with Gasteiger partial charge in [0.25, 0.3) is 6.08 Å². The lowest BCUT2D eigenvalue weighted by Crippen LogP contribution is -2.08. The van der Waals surface area contributed by atoms with Crippen molar-refractivity contribution in [3.8, 4) is 0 Å². The lowest BCUT2D eigenvalue weighted by Gasteiger charge is -2.02. The summed E-state index contributed by atoms with van der Waals surface area (Å²) >= 11 is 2.95. The van der Waals surface area contributed by atoms with Gasteiger partial charge in [0.05, 0.1) is 10.2 Å². The van der Waals surface area contributed by atoms with Gasteiger partial charge in [-0.15, -0.1) is 11.3 Å². The van der Waals surface area contributed by atoms with Gasteiger partial charge in [0.1, 0.15) is 0 Å². The van der Waals surface area contributed by atoms with Crippen LogP contribution < -0.4 is 5.32 Å². The second-order valence-electron chi connectivity index (χ2n) is 4.19. The number of amides is 1. The minimum absolute atomic E-state index is 0.0338. The van der Waals surface area contributed by atoms with Gasteiger partial charge < -0.3 is 5.32 Å². The molecule has 0 spiro atoms. The van der Waals surface area contributed by atoms with Gasteiger partial charge in [0.2, 0.25) is 5.91 Å². The molecule has 0 fully saturated rings. The van der Waals surface area contributed by atoms with Gasteiger partial charge in [-0.2, -0.15) is 8.78 Å². The molecule has 0 saturated heterocycles. The van der Waals surface area contributed by atoms with Gasteiger partial charge in [-0.3, -0.25) is 4.79 Å². The zero-order valence-corrected chi connectivity index (χ0v) is 13.0. The first-order chi connectivity index (χ1) is 10.1. The number of aromatic nitrogens is 1. The van der Waals surface area contributed by atoms with Gasteiger partial charge in [-0.25, -0.2) is 4.98 Å². The normalized spacial score (nSPS) is 10.6. The van der Waals surface area contributed by atoms with E-state index in [2.05, 4.69) is 10.3 Å². The smallest absolute Gasteiger partial charge is 0.266 e. The molecular formula is C14H14F2N2OS2. The first kappa shape index (κ1) is 15.9. The summed E-state index contributed by atoms with van der Waals surface area (Å²) in [6.45, 7) is 1.80. The van der Waals surface area contributed by atoms with Crippen LogP contribution in [0.25, 0.3) is 10.2 Å². The third kappa shape index (κ3) is 4.78. The number of thioether (sulfide) groups is 1. The van der Waals surface area contributed by atoms with Crippen molar-refractivity contribution >= 4 is 44.9 Å². The molecule has 21 heavy (non-hydrogen) atoms. The number of halogens is 2. The Morgan fingerprint density at radius 3 is 3.00 bits per heavy atom. The molecule has 2 aromatic rings. The van der Waals surface area contributed by atoms with Gasteiger partial charge in [0, 0.05) is 17.9 Å². The number of thiazole rings is 1. The lowest BCUT2D eigenvalue weighted by atomic mass is 10.3. The molecule has 0 bridgehead atoms. The Labute approximate surface area is 129 Å². The lowest BCUT2D eigenvalue weighted by molar-refractivity contribution is -0.115. The second kappa shape index (κ2) is 7.51. The number of nitrogens with zero attached hydrogens (tertiary/aromatic N) is 1. The van der Waals surface area contributed by atoms with Crippen molar-refractivity contribution < 1.29 is 13.6 Å². The molecule has 112 valence electrons. The van der Waals surface area contributed by atoms with E-state index in [-0.39, 0.29) is 5.91 Å². The number of anilines is 1. The highest BCUT2D eigenvalue weighted by atomic mass is 32.2. The van der Waals surface area contributed by atoms with Crippen LogP contribution in [0.3, 0.4) is 0 Å². The quantitative estimate of drug-likeness (QED) is 0.605. The van der Waals surface area contributed by atoms with E-state index < -0.39 is 6.08 Å². The van der Waals surface area contributed by atoms with Crippen LogP contribution in [-0.4, -0.2) is 16.6 Å². The summed E-state index contributed by atoms with van der Waals surface area (Å²) in [5.41, 5.74) is 1.60. The standard InChI is InChI=1S/C14H14F2N2OS2/c1-2-13(19)17-9-5-6-10-11(8-9)21-14(18-10)20-7-3-4-12(15)16/h4-6,8H,2-3,7H2,1H3,(H,17,19). The van der Waals surface area contributed by atoms with Crippen LogP contribution in [-0.2, 0) is 4.79 Å². The molecule has 0 unspecified atom stereocenters. The molecule has 3 nitrogen and oxygen atoms in total. The fraction of sp³-hybridized carbons (Fsp3) is 0.286. The third-order valence-electron chi connectivity index (χ3n) is 2.62. The zero-order valence-electron chi connectivity index (χ0n) is 11.4. The Hall–Kier alpha value is -1.47. The number of allylic oxidation sites excluding steroid dienone is 1. The van der Waals surface area contributed by atoms with Crippen LogP contribution in [0.2, 0.25) is 0 Å². The molecule has 0 atom stereocenters. The van der Waals surface area contributed by atoms with Crippen molar-refractivity contribution in [3.63, 3.8) is 0 Å². The number of carbonyl (C=O) groups is 1. The molecule has 0 aliphatic rings. The molecule has 1 amide bonds. The van der Waals surface area contributed by atoms with Crippen LogP contribution >= 0.6 is 23.1 Å². The van der Waals surface area contributed by atoms with Crippen molar-refractivity contribution in [3.05, 3.63) is 30.4 Å². The van der Waals surface area contributed by atoms with E-state index in [1.54, 1.807) is 6.92 Å². The van der Waals surface area contributed by atoms with Crippen molar-refractivity contribution in [2.24, 2.45) is 0 Å². The van der Waals surface area contributed by atoms with Crippen LogP contribution in [0.15, 0.2) is 34.7 Å². The minimum atomic E-state index is -1.64. The number of fused-ring (bicyclic) bond motifs is 1. The highest BCUT2D eigenvalue weighted by molar-refractivity contribution is 8.01. The number of nitrogens with one attached hydrogen (secondary N) is 1. The maximum absolute atomic E-state index is 11.9. The maximum Gasteiger partial charge on any atom is 0.266 e. The molecule has 7 heteroatoms. The van der Waals surface area contributed by atoms with Gasteiger partial charge in [-0.1, -0.05) is 18.7 Å². The molecule has 0 aliphatic heterocycles. The predicted molar refractivity (Wildman–Crippen MR) is 84.2 cm³/mol. The summed E-state index contributed by atoms with van der Waals surface area (Å²) in [6, 6.07) is 5.54. The van der Waals surface area contributed by atoms with Gasteiger partial charge >= 0.3 is 0 Å². The zero-order chi connectivity index (χ0) is 15.2. The molecule has 1 N–H and O–H groups in total. The van der Waals surface area contributed by atoms with Crippen molar-refractivity contribution in [1.29, 1.82) is 0 Å². The molecule has 0 radical (unpaired) electrons. The highest BCUT2D eigenvalue weighted by Gasteiger charge is 2.06. The second-order valence-corrected chi connectivity index (χ2v) is 6.57. The van der Waals surface area contributed by atoms with E-state index in [1.807, 2.05) is 18.2 Å². The molecule has 0 aliphatic carbocycles. The van der Waals surface area contributed by atoms with Crippen molar-refractivity contribution in [1.82, 2.24) is 4.98 Å². The number of benzene rings is 1. The first-order valence-electron chi connectivity index (χ1n) is 6.43. The molecule has 1 aromatic heterocycles. The van der Waals surface area contributed by atoms with Crippen LogP contribution in [0.4, 0.5) is 14.5 Å². The Morgan fingerprint density at radius 1 is 1.48 bits per heavy atom. The molecular weight excluding hydrogens is 314 g/mol. The summed E-state index contributed by atoms with van der Waals surface area (Å²) in [6.07, 6.45) is 0.0242. The number of carbonyl (C=O) groups excluding carboxylic acids is 1. The Balaban J connectivity index is 2.03. The summed E-state index contributed by atoms with van der Waals surface area (Å²) in [7, 11) is 0. The van der Waals surface area contributed by atoms with E-state index >= 15 is 0 Å². The average Bonchev–Trinajstić information content (AvgIpc) is 2.85. The van der Waals surface area contributed by atoms with Crippen LogP contribution in [0, 0.1) is 0 Å². The Kier molecular flexibility index (Phi) is 5.69. The number of hydrogen-bond donors (Lipinski definition) is 1. The van der Waals surface area contributed by atoms with Gasteiger partial charge in [-0.05, 0) is 30.7 Å². The monoisotopic (exact) mass is 328 g/mol. The van der Waals surface area contributed by atoms with Crippen molar-refractivity contribution in [2.45, 2.75) is 24.1 Å². The van der Waals surface area contributed by atoms with E-state index in [4.69, 9.17) is 0 Å². The number of rotatable bonds is 6. The number of hydrogen-bond acceptors (Lipinski definition) is 4. The Bertz CT molecular complexity index is 666. The van der Waals surface area contributed by atoms with Crippen molar-refractivity contribution in [2.75, 3.05) is 11.1 Å². The largest absolute Gasteiger partial charge is 0.326 e. The molecule has 2 rings (SSSR count). The van der Waals surface area contributed by atoms with Gasteiger partial charge in [0.15, 0.2) is 4.34 Å².